The topological polar surface area (TPSA) is 36.1 Å². The number of amidine groups is 2. The lowest BCUT2D eigenvalue weighted by atomic mass is 9.70. The SMILES string of the molecule is CC1CC=CC2c3cc4c5ccccc5n(-c5ccc(C6N=C(c7ccccc7)N=C(c7ccccc7)N6C)c6ccccc56)c4cc3N(c3ccccc3)C12C. The van der Waals surface area contributed by atoms with Gasteiger partial charge in [-0.3, -0.25) is 0 Å². The van der Waals surface area contributed by atoms with Crippen LogP contribution >= 0.6 is 0 Å². The molecule has 8 aromatic rings. The molecule has 1 aromatic heterocycles. The summed E-state index contributed by atoms with van der Waals surface area (Å²) in [5, 5.41) is 4.91. The summed E-state index contributed by atoms with van der Waals surface area (Å²) in [5.74, 6) is 2.41. The molecule has 0 radical (unpaired) electrons. The zero-order valence-corrected chi connectivity index (χ0v) is 32.4. The molecular weight excluding hydrogens is 695 g/mol. The molecule has 3 aliphatic rings. The van der Waals surface area contributed by atoms with E-state index >= 15 is 0 Å². The van der Waals surface area contributed by atoms with Gasteiger partial charge in [0.05, 0.1) is 22.3 Å². The largest absolute Gasteiger partial charge is 0.334 e. The zero-order valence-electron chi connectivity index (χ0n) is 32.4. The number of fused-ring (bicyclic) bond motifs is 7. The van der Waals surface area contributed by atoms with E-state index in [9.17, 15) is 0 Å². The van der Waals surface area contributed by atoms with Crippen molar-refractivity contribution in [1.29, 1.82) is 0 Å². The highest BCUT2D eigenvalue weighted by Crippen LogP contribution is 2.58. The lowest BCUT2D eigenvalue weighted by Crippen LogP contribution is -2.49. The first-order chi connectivity index (χ1) is 28.0. The second-order valence-corrected chi connectivity index (χ2v) is 16.0. The molecule has 7 aromatic carbocycles. The highest BCUT2D eigenvalue weighted by atomic mass is 15.3. The number of hydrogen-bond donors (Lipinski definition) is 0. The van der Waals surface area contributed by atoms with Crippen LogP contribution in [0.1, 0.15) is 54.6 Å². The fourth-order valence-corrected chi connectivity index (χ4v) is 10.0. The number of para-hydroxylation sites is 2. The number of aliphatic imine (C=N–C) groups is 2. The molecule has 0 fully saturated rings. The summed E-state index contributed by atoms with van der Waals surface area (Å²) in [4.78, 5) is 15.4. The second-order valence-electron chi connectivity index (χ2n) is 16.0. The molecule has 1 aliphatic carbocycles. The van der Waals surface area contributed by atoms with Gasteiger partial charge in [0.25, 0.3) is 0 Å². The summed E-state index contributed by atoms with van der Waals surface area (Å²) >= 11 is 0. The van der Waals surface area contributed by atoms with Crippen molar-refractivity contribution in [3.63, 3.8) is 0 Å². The number of hydrogen-bond acceptors (Lipinski definition) is 4. The fraction of sp³-hybridized carbons (Fsp3) is 0.154. The highest BCUT2D eigenvalue weighted by Gasteiger charge is 2.52. The van der Waals surface area contributed by atoms with Crippen LogP contribution in [0.4, 0.5) is 11.4 Å². The zero-order chi connectivity index (χ0) is 38.3. The fourth-order valence-electron chi connectivity index (χ4n) is 10.0. The molecule has 11 rings (SSSR count). The van der Waals surface area contributed by atoms with Crippen LogP contribution in [0.5, 0.6) is 0 Å². The Morgan fingerprint density at radius 2 is 1.25 bits per heavy atom. The van der Waals surface area contributed by atoms with Crippen molar-refractivity contribution in [2.75, 3.05) is 11.9 Å². The van der Waals surface area contributed by atoms with Gasteiger partial charge in [-0.1, -0.05) is 146 Å². The van der Waals surface area contributed by atoms with E-state index in [0.717, 1.165) is 40.5 Å². The summed E-state index contributed by atoms with van der Waals surface area (Å²) < 4.78 is 2.50. The van der Waals surface area contributed by atoms with Gasteiger partial charge >= 0.3 is 0 Å². The first-order valence-electron chi connectivity index (χ1n) is 20.1. The first-order valence-corrected chi connectivity index (χ1v) is 20.1. The number of nitrogens with zero attached hydrogens (tertiary/aromatic N) is 5. The minimum Gasteiger partial charge on any atom is -0.334 e. The van der Waals surface area contributed by atoms with Crippen molar-refractivity contribution in [3.8, 4) is 5.69 Å². The molecule has 0 spiro atoms. The van der Waals surface area contributed by atoms with Gasteiger partial charge in [0, 0.05) is 57.2 Å². The molecule has 5 nitrogen and oxygen atoms in total. The Labute approximate surface area is 333 Å². The van der Waals surface area contributed by atoms with Gasteiger partial charge in [-0.25, -0.2) is 9.98 Å². The molecule has 276 valence electrons. The van der Waals surface area contributed by atoms with E-state index in [1.165, 1.54) is 49.5 Å². The Balaban J connectivity index is 1.13. The molecule has 0 N–H and O–H groups in total. The monoisotopic (exact) mass is 737 g/mol. The quantitative estimate of drug-likeness (QED) is 0.165. The third kappa shape index (κ3) is 5.01. The Hall–Kier alpha value is -6.72. The maximum atomic E-state index is 5.38. The van der Waals surface area contributed by atoms with E-state index in [1.807, 2.05) is 6.07 Å². The van der Waals surface area contributed by atoms with E-state index in [-0.39, 0.29) is 11.7 Å². The normalized spacial score (nSPS) is 21.5. The molecule has 5 heteroatoms. The van der Waals surface area contributed by atoms with Gasteiger partial charge in [0.15, 0.2) is 12.0 Å². The van der Waals surface area contributed by atoms with Crippen molar-refractivity contribution < 1.29 is 0 Å². The summed E-state index contributed by atoms with van der Waals surface area (Å²) in [7, 11) is 2.12. The molecule has 4 unspecified atom stereocenters. The van der Waals surface area contributed by atoms with E-state index in [0.29, 0.717) is 11.8 Å². The second kappa shape index (κ2) is 12.9. The molecule has 2 aliphatic heterocycles. The number of allylic oxidation sites excluding steroid dienone is 1. The van der Waals surface area contributed by atoms with Crippen LogP contribution in [-0.4, -0.2) is 33.7 Å². The van der Waals surface area contributed by atoms with Gasteiger partial charge < -0.3 is 14.4 Å². The Morgan fingerprint density at radius 1 is 0.596 bits per heavy atom. The van der Waals surface area contributed by atoms with Crippen LogP contribution in [0, 0.1) is 5.92 Å². The van der Waals surface area contributed by atoms with Gasteiger partial charge in [-0.05, 0) is 66.6 Å². The van der Waals surface area contributed by atoms with Crippen molar-refractivity contribution in [3.05, 3.63) is 198 Å². The molecular formula is C52H43N5. The Bertz CT molecular complexity index is 2940. The van der Waals surface area contributed by atoms with Gasteiger partial charge in [-0.15, -0.1) is 0 Å². The van der Waals surface area contributed by atoms with Crippen LogP contribution in [-0.2, 0) is 0 Å². The highest BCUT2D eigenvalue weighted by molar-refractivity contribution is 6.14. The average molecular weight is 738 g/mol. The van der Waals surface area contributed by atoms with Crippen LogP contribution in [0.15, 0.2) is 186 Å². The van der Waals surface area contributed by atoms with Crippen LogP contribution in [0.3, 0.4) is 0 Å². The molecule has 57 heavy (non-hydrogen) atoms. The van der Waals surface area contributed by atoms with Crippen molar-refractivity contribution in [2.45, 2.75) is 37.9 Å². The van der Waals surface area contributed by atoms with Gasteiger partial charge in [0.1, 0.15) is 5.84 Å². The lowest BCUT2D eigenvalue weighted by Gasteiger charge is -2.46. The summed E-state index contributed by atoms with van der Waals surface area (Å²) in [6.45, 7) is 4.90. The maximum absolute atomic E-state index is 5.38. The van der Waals surface area contributed by atoms with Crippen LogP contribution < -0.4 is 4.90 Å². The standard InChI is InChI=1S/C52H43N5/c1-34-18-17-28-44-43-32-42-40-27-15-16-29-45(40)56(47(42)33-48(43)57(52(34,44)2)37-23-11-6-12-24-37)46-31-30-41(38-25-13-14-26-39(38)46)51-54-49(35-19-7-4-8-20-35)53-50(55(51)3)36-21-9-5-10-22-36/h4-17,19-34,44,51H,18H2,1-3H3. The molecule has 4 atom stereocenters. The van der Waals surface area contributed by atoms with Crippen molar-refractivity contribution >= 4 is 55.6 Å². The molecule has 0 amide bonds. The summed E-state index contributed by atoms with van der Waals surface area (Å²) in [5.41, 5.74) is 10.6. The number of benzene rings is 7. The van der Waals surface area contributed by atoms with E-state index in [4.69, 9.17) is 9.98 Å². The van der Waals surface area contributed by atoms with Crippen molar-refractivity contribution in [2.24, 2.45) is 15.9 Å². The first kappa shape index (κ1) is 33.6. The molecule has 0 saturated carbocycles. The predicted molar refractivity (Wildman–Crippen MR) is 237 cm³/mol. The van der Waals surface area contributed by atoms with Crippen molar-refractivity contribution in [1.82, 2.24) is 9.47 Å². The predicted octanol–water partition coefficient (Wildman–Crippen LogP) is 12.4. The number of rotatable bonds is 5. The minimum absolute atomic E-state index is 0.0841. The number of anilines is 2. The average Bonchev–Trinajstić information content (AvgIpc) is 3.72. The van der Waals surface area contributed by atoms with Crippen LogP contribution in [0.25, 0.3) is 38.3 Å². The Morgan fingerprint density at radius 3 is 2.00 bits per heavy atom. The van der Waals surface area contributed by atoms with Gasteiger partial charge in [-0.2, -0.15) is 0 Å². The van der Waals surface area contributed by atoms with E-state index in [1.54, 1.807) is 0 Å². The van der Waals surface area contributed by atoms with Crippen LogP contribution in [0.2, 0.25) is 0 Å². The van der Waals surface area contributed by atoms with E-state index in [2.05, 4.69) is 205 Å². The summed E-state index contributed by atoms with van der Waals surface area (Å²) in [6, 6.07) is 59.2. The van der Waals surface area contributed by atoms with Gasteiger partial charge in [0.2, 0.25) is 0 Å². The molecule has 0 saturated heterocycles. The summed E-state index contributed by atoms with van der Waals surface area (Å²) in [6.07, 6.45) is 5.66. The molecule has 0 bridgehead atoms. The third-order valence-corrected chi connectivity index (χ3v) is 13.0. The third-order valence-electron chi connectivity index (χ3n) is 13.0. The Kier molecular flexibility index (Phi) is 7.62. The minimum atomic E-state index is -0.285. The lowest BCUT2D eigenvalue weighted by molar-refractivity contribution is 0.290. The molecule has 3 heterocycles. The van der Waals surface area contributed by atoms with E-state index < -0.39 is 0 Å². The maximum Gasteiger partial charge on any atom is 0.159 e. The smallest absolute Gasteiger partial charge is 0.159 e. The number of aromatic nitrogens is 1.